The molecule has 1 fully saturated rings. The summed E-state index contributed by atoms with van der Waals surface area (Å²) in [6.45, 7) is 3.03. The molecule has 1 aliphatic heterocycles. The minimum Gasteiger partial charge on any atom is -0.506 e. The molecule has 0 aliphatic carbocycles. The standard InChI is InChI=1S/C16H18N4O3/c1-19(16(22)12-8-14(21)11-17-9-12)13-2-3-15(18-10-13)20-4-6-23-7-5-20/h2-3,8-11,21H,4-7H2,1H3. The van der Waals surface area contributed by atoms with Gasteiger partial charge >= 0.3 is 0 Å². The van der Waals surface area contributed by atoms with Gasteiger partial charge in [-0.15, -0.1) is 0 Å². The molecule has 0 saturated carbocycles. The number of aromatic nitrogens is 2. The number of morpholine rings is 1. The van der Waals surface area contributed by atoms with Crippen LogP contribution in [0.25, 0.3) is 0 Å². The molecule has 0 aromatic carbocycles. The van der Waals surface area contributed by atoms with Gasteiger partial charge < -0.3 is 19.6 Å². The van der Waals surface area contributed by atoms with Crippen molar-refractivity contribution in [3.05, 3.63) is 42.4 Å². The van der Waals surface area contributed by atoms with E-state index in [2.05, 4.69) is 14.9 Å². The Labute approximate surface area is 134 Å². The van der Waals surface area contributed by atoms with Crippen molar-refractivity contribution in [2.45, 2.75) is 0 Å². The SMILES string of the molecule is CN(C(=O)c1cncc(O)c1)c1ccc(N2CCOCC2)nc1. The Morgan fingerprint density at radius 3 is 2.70 bits per heavy atom. The minimum absolute atomic E-state index is 0.0370. The van der Waals surface area contributed by atoms with Gasteiger partial charge in [0.25, 0.3) is 5.91 Å². The van der Waals surface area contributed by atoms with Gasteiger partial charge in [0.05, 0.1) is 36.9 Å². The fourth-order valence-corrected chi connectivity index (χ4v) is 2.41. The van der Waals surface area contributed by atoms with E-state index in [1.54, 1.807) is 13.2 Å². The molecular formula is C16H18N4O3. The number of carbonyl (C=O) groups excluding carboxylic acids is 1. The molecule has 0 atom stereocenters. The van der Waals surface area contributed by atoms with E-state index < -0.39 is 0 Å². The van der Waals surface area contributed by atoms with Crippen molar-refractivity contribution in [2.75, 3.05) is 43.2 Å². The number of anilines is 2. The smallest absolute Gasteiger partial charge is 0.259 e. The lowest BCUT2D eigenvalue weighted by molar-refractivity contribution is 0.0992. The van der Waals surface area contributed by atoms with Crippen molar-refractivity contribution in [2.24, 2.45) is 0 Å². The largest absolute Gasteiger partial charge is 0.506 e. The van der Waals surface area contributed by atoms with E-state index in [-0.39, 0.29) is 11.7 Å². The second kappa shape index (κ2) is 6.62. The first-order chi connectivity index (χ1) is 11.1. The summed E-state index contributed by atoms with van der Waals surface area (Å²) in [6.07, 6.45) is 4.38. The van der Waals surface area contributed by atoms with Crippen LogP contribution in [0.15, 0.2) is 36.8 Å². The summed E-state index contributed by atoms with van der Waals surface area (Å²) >= 11 is 0. The van der Waals surface area contributed by atoms with Gasteiger partial charge in [-0.3, -0.25) is 9.78 Å². The van der Waals surface area contributed by atoms with E-state index in [1.807, 2.05) is 12.1 Å². The van der Waals surface area contributed by atoms with Crippen LogP contribution in [0, 0.1) is 0 Å². The van der Waals surface area contributed by atoms with Crippen molar-refractivity contribution >= 4 is 17.4 Å². The molecule has 1 aliphatic rings. The zero-order chi connectivity index (χ0) is 16.2. The summed E-state index contributed by atoms with van der Waals surface area (Å²) in [6, 6.07) is 5.14. The van der Waals surface area contributed by atoms with Gasteiger partial charge in [0.2, 0.25) is 0 Å². The molecule has 0 unspecified atom stereocenters. The zero-order valence-corrected chi connectivity index (χ0v) is 12.8. The van der Waals surface area contributed by atoms with Gasteiger partial charge in [0.15, 0.2) is 0 Å². The molecule has 3 rings (SSSR count). The first kappa shape index (κ1) is 15.2. The third-order valence-electron chi connectivity index (χ3n) is 3.73. The van der Waals surface area contributed by atoms with E-state index >= 15 is 0 Å². The van der Waals surface area contributed by atoms with Crippen LogP contribution in [0.3, 0.4) is 0 Å². The molecule has 120 valence electrons. The van der Waals surface area contributed by atoms with Crippen LogP contribution in [0.4, 0.5) is 11.5 Å². The maximum Gasteiger partial charge on any atom is 0.259 e. The fraction of sp³-hybridized carbons (Fsp3) is 0.312. The molecule has 2 aromatic heterocycles. The molecule has 0 bridgehead atoms. The average molecular weight is 314 g/mol. The third-order valence-corrected chi connectivity index (χ3v) is 3.73. The first-order valence-corrected chi connectivity index (χ1v) is 7.36. The van der Waals surface area contributed by atoms with E-state index in [4.69, 9.17) is 4.74 Å². The van der Waals surface area contributed by atoms with E-state index in [0.29, 0.717) is 24.5 Å². The lowest BCUT2D eigenvalue weighted by Crippen LogP contribution is -2.36. The van der Waals surface area contributed by atoms with Crippen LogP contribution in [0.5, 0.6) is 5.75 Å². The highest BCUT2D eigenvalue weighted by molar-refractivity contribution is 6.05. The highest BCUT2D eigenvalue weighted by Crippen LogP contribution is 2.20. The quantitative estimate of drug-likeness (QED) is 0.920. The molecule has 1 amide bonds. The number of carbonyl (C=O) groups is 1. The molecular weight excluding hydrogens is 296 g/mol. The topological polar surface area (TPSA) is 78.8 Å². The zero-order valence-electron chi connectivity index (χ0n) is 12.8. The van der Waals surface area contributed by atoms with Crippen LogP contribution in [0.2, 0.25) is 0 Å². The average Bonchev–Trinajstić information content (AvgIpc) is 2.61. The van der Waals surface area contributed by atoms with E-state index in [9.17, 15) is 9.90 Å². The van der Waals surface area contributed by atoms with Crippen molar-refractivity contribution in [1.29, 1.82) is 0 Å². The molecule has 1 N–H and O–H groups in total. The van der Waals surface area contributed by atoms with Gasteiger partial charge in [-0.05, 0) is 18.2 Å². The number of nitrogens with zero attached hydrogens (tertiary/aromatic N) is 4. The molecule has 7 nitrogen and oxygen atoms in total. The maximum atomic E-state index is 12.4. The highest BCUT2D eigenvalue weighted by Gasteiger charge is 2.16. The lowest BCUT2D eigenvalue weighted by atomic mass is 10.2. The second-order valence-electron chi connectivity index (χ2n) is 5.27. The maximum absolute atomic E-state index is 12.4. The van der Waals surface area contributed by atoms with Crippen molar-refractivity contribution in [3.63, 3.8) is 0 Å². The number of hydrogen-bond acceptors (Lipinski definition) is 6. The molecule has 0 spiro atoms. The minimum atomic E-state index is -0.255. The molecule has 3 heterocycles. The number of hydrogen-bond donors (Lipinski definition) is 1. The number of amides is 1. The summed E-state index contributed by atoms with van der Waals surface area (Å²) in [4.78, 5) is 24.3. The van der Waals surface area contributed by atoms with Crippen molar-refractivity contribution in [3.8, 4) is 5.75 Å². The van der Waals surface area contributed by atoms with Crippen LogP contribution >= 0.6 is 0 Å². The molecule has 23 heavy (non-hydrogen) atoms. The van der Waals surface area contributed by atoms with Crippen molar-refractivity contribution in [1.82, 2.24) is 9.97 Å². The van der Waals surface area contributed by atoms with E-state index in [0.717, 1.165) is 18.9 Å². The Kier molecular flexibility index (Phi) is 4.38. The normalized spacial score (nSPS) is 14.6. The Morgan fingerprint density at radius 1 is 1.26 bits per heavy atom. The van der Waals surface area contributed by atoms with Gasteiger partial charge in [0, 0.05) is 26.3 Å². The first-order valence-electron chi connectivity index (χ1n) is 7.36. The lowest BCUT2D eigenvalue weighted by Gasteiger charge is -2.28. The predicted octanol–water partition coefficient (Wildman–Crippen LogP) is 1.30. The third kappa shape index (κ3) is 3.40. The number of rotatable bonds is 3. The Hall–Kier alpha value is -2.67. The molecule has 1 saturated heterocycles. The second-order valence-corrected chi connectivity index (χ2v) is 5.27. The van der Waals surface area contributed by atoms with Crippen LogP contribution in [-0.4, -0.2) is 54.3 Å². The molecule has 0 radical (unpaired) electrons. The van der Waals surface area contributed by atoms with Gasteiger partial charge in [-0.1, -0.05) is 0 Å². The monoisotopic (exact) mass is 314 g/mol. The number of ether oxygens (including phenoxy) is 1. The van der Waals surface area contributed by atoms with Gasteiger partial charge in [-0.25, -0.2) is 4.98 Å². The van der Waals surface area contributed by atoms with Crippen LogP contribution in [0.1, 0.15) is 10.4 Å². The summed E-state index contributed by atoms with van der Waals surface area (Å²) in [7, 11) is 1.66. The summed E-state index contributed by atoms with van der Waals surface area (Å²) in [5.41, 5.74) is 1.00. The molecule has 2 aromatic rings. The predicted molar refractivity (Wildman–Crippen MR) is 85.9 cm³/mol. The van der Waals surface area contributed by atoms with Crippen LogP contribution < -0.4 is 9.80 Å². The highest BCUT2D eigenvalue weighted by atomic mass is 16.5. The van der Waals surface area contributed by atoms with Gasteiger partial charge in [0.1, 0.15) is 11.6 Å². The van der Waals surface area contributed by atoms with E-state index in [1.165, 1.54) is 23.4 Å². The van der Waals surface area contributed by atoms with Crippen LogP contribution in [-0.2, 0) is 4.74 Å². The molecule has 7 heteroatoms. The van der Waals surface area contributed by atoms with Gasteiger partial charge in [-0.2, -0.15) is 0 Å². The fourth-order valence-electron chi connectivity index (χ4n) is 2.41. The summed E-state index contributed by atoms with van der Waals surface area (Å²) in [5, 5.41) is 9.43. The Bertz CT molecular complexity index is 684. The number of pyridine rings is 2. The van der Waals surface area contributed by atoms with Crippen molar-refractivity contribution < 1.29 is 14.6 Å². The Balaban J connectivity index is 1.74. The summed E-state index contributed by atoms with van der Waals surface area (Å²) < 4.78 is 5.32. The number of aromatic hydroxyl groups is 1. The Morgan fingerprint density at radius 2 is 2.04 bits per heavy atom. The summed E-state index contributed by atoms with van der Waals surface area (Å²) in [5.74, 6) is 0.580.